The molecule has 1 atom stereocenters. The lowest BCUT2D eigenvalue weighted by atomic mass is 10.2. The minimum absolute atomic E-state index is 0.00692. The van der Waals surface area contributed by atoms with Crippen molar-refractivity contribution in [3.05, 3.63) is 41.8 Å². The van der Waals surface area contributed by atoms with Gasteiger partial charge in [-0.1, -0.05) is 18.5 Å². The molecular formula is C21H27N3O5. The van der Waals surface area contributed by atoms with Crippen LogP contribution in [0.2, 0.25) is 0 Å². The third-order valence-corrected chi connectivity index (χ3v) is 4.58. The minimum atomic E-state index is -0.293. The number of carbonyl (C=O) groups excluding carboxylic acids is 2. The lowest BCUT2D eigenvalue weighted by Crippen LogP contribution is -2.31. The van der Waals surface area contributed by atoms with Gasteiger partial charge in [0.15, 0.2) is 11.5 Å². The highest BCUT2D eigenvalue weighted by molar-refractivity contribution is 5.92. The van der Waals surface area contributed by atoms with Crippen LogP contribution in [0.1, 0.15) is 55.3 Å². The van der Waals surface area contributed by atoms with Gasteiger partial charge in [0.05, 0.1) is 6.10 Å². The van der Waals surface area contributed by atoms with Gasteiger partial charge in [-0.2, -0.15) is 0 Å². The Morgan fingerprint density at radius 2 is 2.10 bits per heavy atom. The quantitative estimate of drug-likeness (QED) is 0.633. The number of hydrogen-bond acceptors (Lipinski definition) is 6. The molecule has 0 radical (unpaired) electrons. The van der Waals surface area contributed by atoms with Gasteiger partial charge < -0.3 is 24.6 Å². The van der Waals surface area contributed by atoms with Crippen molar-refractivity contribution in [3.8, 4) is 5.75 Å². The molecule has 8 nitrogen and oxygen atoms in total. The van der Waals surface area contributed by atoms with E-state index >= 15 is 0 Å². The third-order valence-electron chi connectivity index (χ3n) is 4.58. The van der Waals surface area contributed by atoms with E-state index in [0.29, 0.717) is 24.5 Å². The summed E-state index contributed by atoms with van der Waals surface area (Å²) in [6.45, 7) is 3.42. The number of anilines is 1. The second kappa shape index (κ2) is 10.6. The Hall–Kier alpha value is -2.87. The maximum Gasteiger partial charge on any atom is 0.273 e. The van der Waals surface area contributed by atoms with Gasteiger partial charge in [-0.3, -0.25) is 9.59 Å². The molecule has 2 aromatic rings. The number of unbranched alkanes of at least 4 members (excludes halogenated alkanes) is 1. The highest BCUT2D eigenvalue weighted by atomic mass is 16.5. The van der Waals surface area contributed by atoms with E-state index in [1.54, 1.807) is 30.3 Å². The maximum atomic E-state index is 12.1. The highest BCUT2D eigenvalue weighted by Crippen LogP contribution is 2.18. The Morgan fingerprint density at radius 1 is 1.28 bits per heavy atom. The van der Waals surface area contributed by atoms with Crippen molar-refractivity contribution in [1.29, 1.82) is 0 Å². The second-order valence-corrected chi connectivity index (χ2v) is 6.99. The first-order chi connectivity index (χ1) is 14.1. The molecule has 8 heteroatoms. The molecule has 0 bridgehead atoms. The molecule has 0 spiro atoms. The van der Waals surface area contributed by atoms with Crippen LogP contribution >= 0.6 is 0 Å². The number of amides is 2. The van der Waals surface area contributed by atoms with Crippen LogP contribution in [0.3, 0.4) is 0 Å². The molecule has 156 valence electrons. The smallest absolute Gasteiger partial charge is 0.273 e. The summed E-state index contributed by atoms with van der Waals surface area (Å²) < 4.78 is 16.3. The molecule has 1 unspecified atom stereocenters. The van der Waals surface area contributed by atoms with Gasteiger partial charge in [0.25, 0.3) is 5.91 Å². The summed E-state index contributed by atoms with van der Waals surface area (Å²) in [5, 5.41) is 9.44. The van der Waals surface area contributed by atoms with Gasteiger partial charge in [0, 0.05) is 31.3 Å². The monoisotopic (exact) mass is 401 g/mol. The van der Waals surface area contributed by atoms with Crippen molar-refractivity contribution in [2.24, 2.45) is 0 Å². The van der Waals surface area contributed by atoms with E-state index in [4.69, 9.17) is 14.0 Å². The van der Waals surface area contributed by atoms with Crippen LogP contribution in [0, 0.1) is 0 Å². The molecule has 29 heavy (non-hydrogen) atoms. The fraction of sp³-hybridized carbons (Fsp3) is 0.476. The average molecular weight is 401 g/mol. The Kier molecular flexibility index (Phi) is 7.63. The lowest BCUT2D eigenvalue weighted by Gasteiger charge is -2.09. The predicted molar refractivity (Wildman–Crippen MR) is 107 cm³/mol. The molecule has 2 amide bonds. The Morgan fingerprint density at radius 3 is 2.83 bits per heavy atom. The molecule has 0 saturated carbocycles. The van der Waals surface area contributed by atoms with Gasteiger partial charge in [-0.25, -0.2) is 0 Å². The number of aromatic nitrogens is 1. The van der Waals surface area contributed by atoms with E-state index in [1.807, 2.05) is 0 Å². The summed E-state index contributed by atoms with van der Waals surface area (Å²) in [7, 11) is 0. The Labute approximate surface area is 169 Å². The second-order valence-electron chi connectivity index (χ2n) is 6.99. The number of rotatable bonds is 10. The van der Waals surface area contributed by atoms with Crippen LogP contribution in [0.4, 0.5) is 5.69 Å². The SMILES string of the molecule is CCCCC(=O)Nc1ccc(OCc2cc(C(=O)NCC3CCCO3)no2)cc1. The topological polar surface area (TPSA) is 103 Å². The summed E-state index contributed by atoms with van der Waals surface area (Å²) in [5.74, 6) is 0.785. The minimum Gasteiger partial charge on any atom is -0.486 e. The summed E-state index contributed by atoms with van der Waals surface area (Å²) in [6.07, 6.45) is 4.44. The van der Waals surface area contributed by atoms with Gasteiger partial charge in [0.1, 0.15) is 12.4 Å². The molecular weight excluding hydrogens is 374 g/mol. The average Bonchev–Trinajstić information content (AvgIpc) is 3.42. The van der Waals surface area contributed by atoms with E-state index in [0.717, 1.165) is 38.0 Å². The highest BCUT2D eigenvalue weighted by Gasteiger charge is 2.18. The Balaban J connectivity index is 1.43. The molecule has 1 aliphatic rings. The molecule has 3 rings (SSSR count). The third kappa shape index (κ3) is 6.60. The molecule has 1 fully saturated rings. The van der Waals surface area contributed by atoms with E-state index in [-0.39, 0.29) is 30.2 Å². The van der Waals surface area contributed by atoms with Crippen molar-refractivity contribution in [3.63, 3.8) is 0 Å². The number of ether oxygens (including phenoxy) is 2. The zero-order chi connectivity index (χ0) is 20.5. The molecule has 2 heterocycles. The van der Waals surface area contributed by atoms with E-state index in [2.05, 4.69) is 22.7 Å². The maximum absolute atomic E-state index is 12.1. The van der Waals surface area contributed by atoms with Gasteiger partial charge in [-0.05, 0) is 43.5 Å². The predicted octanol–water partition coefficient (Wildman–Crippen LogP) is 3.29. The van der Waals surface area contributed by atoms with Gasteiger partial charge in [-0.15, -0.1) is 0 Å². The number of nitrogens with one attached hydrogen (secondary N) is 2. The van der Waals surface area contributed by atoms with Crippen LogP contribution in [0.25, 0.3) is 0 Å². The first kappa shape index (κ1) is 20.9. The van der Waals surface area contributed by atoms with Crippen LogP contribution < -0.4 is 15.4 Å². The number of benzene rings is 1. The van der Waals surface area contributed by atoms with Crippen molar-refractivity contribution in [2.45, 2.75) is 51.7 Å². The fourth-order valence-corrected chi connectivity index (χ4v) is 2.94. The molecule has 0 aliphatic carbocycles. The molecule has 1 aromatic carbocycles. The molecule has 2 N–H and O–H groups in total. The first-order valence-corrected chi connectivity index (χ1v) is 10.0. The number of hydrogen-bond donors (Lipinski definition) is 2. The normalized spacial score (nSPS) is 15.8. The van der Waals surface area contributed by atoms with Crippen LogP contribution in [0.5, 0.6) is 5.75 Å². The number of nitrogens with zero attached hydrogens (tertiary/aromatic N) is 1. The zero-order valence-electron chi connectivity index (χ0n) is 16.6. The summed E-state index contributed by atoms with van der Waals surface area (Å²) in [5.41, 5.74) is 0.940. The van der Waals surface area contributed by atoms with Crippen molar-refractivity contribution in [2.75, 3.05) is 18.5 Å². The lowest BCUT2D eigenvalue weighted by molar-refractivity contribution is -0.116. The van der Waals surface area contributed by atoms with Gasteiger partial charge >= 0.3 is 0 Å². The number of carbonyl (C=O) groups is 2. The first-order valence-electron chi connectivity index (χ1n) is 10.0. The summed E-state index contributed by atoms with van der Waals surface area (Å²) in [4.78, 5) is 23.9. The van der Waals surface area contributed by atoms with E-state index in [1.165, 1.54) is 0 Å². The Bertz CT molecular complexity index is 797. The molecule has 1 saturated heterocycles. The summed E-state index contributed by atoms with van der Waals surface area (Å²) >= 11 is 0. The van der Waals surface area contributed by atoms with E-state index < -0.39 is 0 Å². The van der Waals surface area contributed by atoms with Gasteiger partial charge in [0.2, 0.25) is 5.91 Å². The molecule has 1 aromatic heterocycles. The van der Waals surface area contributed by atoms with E-state index in [9.17, 15) is 9.59 Å². The van der Waals surface area contributed by atoms with Crippen molar-refractivity contribution in [1.82, 2.24) is 10.5 Å². The van der Waals surface area contributed by atoms with Crippen LogP contribution in [-0.2, 0) is 16.1 Å². The fourth-order valence-electron chi connectivity index (χ4n) is 2.94. The van der Waals surface area contributed by atoms with Crippen molar-refractivity contribution < 1.29 is 23.6 Å². The zero-order valence-corrected chi connectivity index (χ0v) is 16.6. The summed E-state index contributed by atoms with van der Waals surface area (Å²) in [6, 6.07) is 8.66. The van der Waals surface area contributed by atoms with Crippen molar-refractivity contribution >= 4 is 17.5 Å². The standard InChI is InChI=1S/C21H27N3O5/c1-2-3-6-20(25)23-15-7-9-16(10-8-15)28-14-18-12-19(24-29-18)21(26)22-13-17-5-4-11-27-17/h7-10,12,17H,2-6,11,13-14H2,1H3,(H,22,26)(H,23,25). The molecule has 1 aliphatic heterocycles. The largest absolute Gasteiger partial charge is 0.486 e. The van der Waals surface area contributed by atoms with Crippen LogP contribution in [0.15, 0.2) is 34.9 Å². The van der Waals surface area contributed by atoms with Crippen LogP contribution in [-0.4, -0.2) is 36.2 Å².